The van der Waals surface area contributed by atoms with Gasteiger partial charge in [-0.3, -0.25) is 14.6 Å². The topological polar surface area (TPSA) is 185 Å². The molecule has 2 saturated heterocycles. The van der Waals surface area contributed by atoms with E-state index in [0.717, 1.165) is 37.0 Å². The van der Waals surface area contributed by atoms with Crippen LogP contribution >= 0.6 is 0 Å². The highest BCUT2D eigenvalue weighted by atomic mass is 16.6. The van der Waals surface area contributed by atoms with Crippen molar-refractivity contribution in [3.8, 4) is 0 Å². The van der Waals surface area contributed by atoms with Crippen LogP contribution in [0.25, 0.3) is 0 Å². The number of rotatable bonds is 24. The number of amides is 1. The molecule has 0 aromatic heterocycles. The number of esters is 1. The highest BCUT2D eigenvalue weighted by Gasteiger charge is 2.49. The van der Waals surface area contributed by atoms with Gasteiger partial charge in [0.15, 0.2) is 0 Å². The summed E-state index contributed by atoms with van der Waals surface area (Å²) in [6.45, 7) is 15.8. The van der Waals surface area contributed by atoms with Gasteiger partial charge in [-0.15, -0.1) is 0 Å². The van der Waals surface area contributed by atoms with Gasteiger partial charge in [0.25, 0.3) is 11.7 Å². The molecule has 0 aromatic carbocycles. The van der Waals surface area contributed by atoms with Crippen LogP contribution in [0.5, 0.6) is 0 Å². The number of allylic oxidation sites excluding steroid dienone is 4. The number of Topliss-reactive ketones (excluding diaryl/α,β-unsaturated/α-hetero) is 1. The Morgan fingerprint density at radius 3 is 2.25 bits per heavy atom. The molecule has 2 aliphatic heterocycles. The first-order chi connectivity index (χ1) is 29.9. The van der Waals surface area contributed by atoms with Crippen LogP contribution in [0.3, 0.4) is 0 Å². The molecule has 13 heteroatoms. The molecule has 358 valence electrons. The van der Waals surface area contributed by atoms with Crippen LogP contribution in [0.15, 0.2) is 53.1 Å². The van der Waals surface area contributed by atoms with Crippen LogP contribution in [0.4, 0.5) is 0 Å². The summed E-state index contributed by atoms with van der Waals surface area (Å²) in [6, 6.07) is -1.05. The summed E-state index contributed by atoms with van der Waals surface area (Å²) in [5, 5.41) is 44.8. The molecule has 0 unspecified atom stereocenters. The minimum atomic E-state index is -2.35. The maximum absolute atomic E-state index is 14.2. The Hall–Kier alpha value is -3.04. The number of ketones is 1. The number of ether oxygens (including phenoxy) is 4. The van der Waals surface area contributed by atoms with Crippen molar-refractivity contribution in [3.05, 3.63) is 48.1 Å². The second-order valence-corrected chi connectivity index (χ2v) is 18.9. The molecule has 2 heterocycles. The van der Waals surface area contributed by atoms with Gasteiger partial charge in [-0.1, -0.05) is 64.7 Å². The molecule has 3 fully saturated rings. The van der Waals surface area contributed by atoms with E-state index in [1.807, 2.05) is 32.1 Å². The third-order valence-electron chi connectivity index (χ3n) is 13.4. The molecule has 4 N–H and O–H groups in total. The van der Waals surface area contributed by atoms with Gasteiger partial charge in [-0.25, -0.2) is 4.79 Å². The fraction of sp³-hybridized carbons (Fsp3) is 0.760. The van der Waals surface area contributed by atoms with Crippen LogP contribution in [-0.4, -0.2) is 131 Å². The van der Waals surface area contributed by atoms with Gasteiger partial charge in [0, 0.05) is 58.7 Å². The number of likely N-dealkylation sites (tertiary alicyclic amines) is 1. The molecule has 63 heavy (non-hydrogen) atoms. The predicted molar refractivity (Wildman–Crippen MR) is 246 cm³/mol. The van der Waals surface area contributed by atoms with Crippen LogP contribution in [0, 0.1) is 23.7 Å². The van der Waals surface area contributed by atoms with E-state index < -0.39 is 65.9 Å². The molecule has 0 bridgehead atoms. The molecular weight excluding hydrogens is 805 g/mol. The molecule has 1 saturated carbocycles. The number of aliphatic hydroxyl groups is 4. The fourth-order valence-electron chi connectivity index (χ4n) is 9.65. The lowest BCUT2D eigenvalue weighted by Crippen LogP contribution is -2.58. The number of nitrogens with zero attached hydrogens (tertiary/aromatic N) is 2. The Kier molecular flexibility index (Phi) is 23.1. The van der Waals surface area contributed by atoms with Crippen molar-refractivity contribution in [2.75, 3.05) is 27.8 Å². The summed E-state index contributed by atoms with van der Waals surface area (Å²) in [6.07, 6.45) is 12.7. The van der Waals surface area contributed by atoms with Crippen molar-refractivity contribution in [3.63, 3.8) is 0 Å². The van der Waals surface area contributed by atoms with Crippen molar-refractivity contribution < 1.29 is 53.8 Å². The van der Waals surface area contributed by atoms with Gasteiger partial charge in [0.05, 0.1) is 24.4 Å². The van der Waals surface area contributed by atoms with E-state index in [-0.39, 0.29) is 43.9 Å². The van der Waals surface area contributed by atoms with Gasteiger partial charge in [0.1, 0.15) is 24.4 Å². The molecule has 3 rings (SSSR count). The van der Waals surface area contributed by atoms with Crippen LogP contribution in [0.1, 0.15) is 138 Å². The lowest BCUT2D eigenvalue weighted by molar-refractivity contribution is -0.245. The molecule has 1 aliphatic carbocycles. The number of piperidine rings is 1. The second kappa shape index (κ2) is 26.8. The minimum Gasteiger partial charge on any atom is -0.461 e. The summed E-state index contributed by atoms with van der Waals surface area (Å²) in [5.74, 6) is -4.65. The van der Waals surface area contributed by atoms with Crippen molar-refractivity contribution in [2.24, 2.45) is 28.7 Å². The molecular formula is C50H82N2O11. The Bertz CT molecular complexity index is 1580. The number of aliphatic hydroxyl groups excluding tert-OH is 3. The van der Waals surface area contributed by atoms with Gasteiger partial charge in [-0.05, 0) is 120 Å². The lowest BCUT2D eigenvalue weighted by Gasteiger charge is -2.39. The monoisotopic (exact) mass is 887 g/mol. The average Bonchev–Trinajstić information content (AvgIpc) is 3.25. The SMILES string of the molecule is C=C/C=C/C=C(\C)[C@H](C[C@@H]1CCC[C@](O)(C(=O)C(=O)N2CCCC[C@H]2C(=O)O[C@H](CCC2CCC(O)CC2)C[C@@H](O)[C@H](C)/C=C(\C)[C@@H](O)[C@@H](OC)C(=NC)[C@H](C)CC(C)C)O1)OC. The first kappa shape index (κ1) is 54.3. The molecule has 10 atom stereocenters. The fourth-order valence-corrected chi connectivity index (χ4v) is 9.65. The van der Waals surface area contributed by atoms with Crippen LogP contribution in [-0.2, 0) is 33.3 Å². The number of methoxy groups -OCH3 is 2. The highest BCUT2D eigenvalue weighted by Crippen LogP contribution is 2.34. The number of hydrogen-bond acceptors (Lipinski definition) is 12. The van der Waals surface area contributed by atoms with Crippen LogP contribution < -0.4 is 0 Å². The van der Waals surface area contributed by atoms with Crippen molar-refractivity contribution in [2.45, 2.75) is 192 Å². The second-order valence-electron chi connectivity index (χ2n) is 18.9. The van der Waals surface area contributed by atoms with E-state index in [1.54, 1.807) is 40.3 Å². The third kappa shape index (κ3) is 16.4. The Morgan fingerprint density at radius 2 is 1.63 bits per heavy atom. The maximum atomic E-state index is 14.2. The standard InChI is InChI=1S/C50H82N2O11/c1-11-12-13-17-33(4)43(60-9)31-40-18-16-26-50(59,63-40)47(56)48(57)52-27-15-14-19-41(52)49(58)62-39(25-22-37-20-23-38(53)24-21-37)30-42(54)34(5)29-36(7)45(55)46(61-10)44(51-8)35(6)28-32(2)3/h11-13,17,29,32,34-35,37-43,45-46,53-55,59H,1,14-16,18-28,30-31H2,2-10H3/b13-12+,33-17+,36-29+,51-44?/t34-,35-,37?,38?,39-,40+,41+,42-,43+,45-,46+,50-/m1/s1. The maximum Gasteiger partial charge on any atom is 0.329 e. The van der Waals surface area contributed by atoms with E-state index >= 15 is 0 Å². The number of hydrogen-bond donors (Lipinski definition) is 4. The Morgan fingerprint density at radius 1 is 0.937 bits per heavy atom. The lowest BCUT2D eigenvalue weighted by atomic mass is 9.83. The zero-order valence-electron chi connectivity index (χ0n) is 39.9. The zero-order chi connectivity index (χ0) is 46.9. The smallest absolute Gasteiger partial charge is 0.329 e. The Labute approximate surface area is 378 Å². The summed E-state index contributed by atoms with van der Waals surface area (Å²) >= 11 is 0. The minimum absolute atomic E-state index is 0.0520. The largest absolute Gasteiger partial charge is 0.461 e. The van der Waals surface area contributed by atoms with Gasteiger partial charge >= 0.3 is 5.97 Å². The normalized spacial score (nSPS) is 27.7. The quantitative estimate of drug-likeness (QED) is 0.0258. The number of carbonyl (C=O) groups is 3. The van der Waals surface area contributed by atoms with Gasteiger partial charge < -0.3 is 44.3 Å². The Balaban J connectivity index is 1.77. The molecule has 0 aromatic rings. The van der Waals surface area contributed by atoms with E-state index in [2.05, 4.69) is 32.3 Å². The number of aliphatic imine (C=N–C) groups is 1. The van der Waals surface area contributed by atoms with E-state index in [0.29, 0.717) is 68.8 Å². The molecule has 3 aliphatic rings. The van der Waals surface area contributed by atoms with Crippen LogP contribution in [0.2, 0.25) is 0 Å². The summed E-state index contributed by atoms with van der Waals surface area (Å²) < 4.78 is 23.7. The van der Waals surface area contributed by atoms with Gasteiger partial charge in [0.2, 0.25) is 5.79 Å². The third-order valence-corrected chi connectivity index (χ3v) is 13.4. The first-order valence-corrected chi connectivity index (χ1v) is 23.6. The van der Waals surface area contributed by atoms with E-state index in [4.69, 9.17) is 18.9 Å². The molecule has 0 radical (unpaired) electrons. The van der Waals surface area contributed by atoms with Gasteiger partial charge in [-0.2, -0.15) is 0 Å². The van der Waals surface area contributed by atoms with Crippen molar-refractivity contribution >= 4 is 23.4 Å². The van der Waals surface area contributed by atoms with Crippen molar-refractivity contribution in [1.29, 1.82) is 0 Å². The summed E-state index contributed by atoms with van der Waals surface area (Å²) in [4.78, 5) is 47.8. The highest BCUT2D eigenvalue weighted by molar-refractivity contribution is 6.39. The van der Waals surface area contributed by atoms with Crippen molar-refractivity contribution in [1.82, 2.24) is 4.90 Å². The average molecular weight is 887 g/mol. The van der Waals surface area contributed by atoms with E-state index in [9.17, 15) is 34.8 Å². The first-order valence-electron chi connectivity index (χ1n) is 23.6. The zero-order valence-corrected chi connectivity index (χ0v) is 39.9. The predicted octanol–water partition coefficient (Wildman–Crippen LogP) is 6.99. The van der Waals surface area contributed by atoms with E-state index in [1.165, 1.54) is 4.90 Å². The summed E-state index contributed by atoms with van der Waals surface area (Å²) in [5.41, 5.74) is 2.32. The molecule has 0 spiro atoms. The number of carbonyl (C=O) groups excluding carboxylic acids is 3. The molecule has 13 nitrogen and oxygen atoms in total. The molecule has 1 amide bonds. The summed E-state index contributed by atoms with van der Waals surface area (Å²) in [7, 11) is 4.85.